The fourth-order valence-corrected chi connectivity index (χ4v) is 3.90. The lowest BCUT2D eigenvalue weighted by molar-refractivity contribution is 0.146. The summed E-state index contributed by atoms with van der Waals surface area (Å²) < 4.78 is 0. The number of aromatic nitrogens is 3. The normalized spacial score (nSPS) is 20.7. The van der Waals surface area contributed by atoms with E-state index in [2.05, 4.69) is 15.0 Å². The predicted molar refractivity (Wildman–Crippen MR) is 95.0 cm³/mol. The van der Waals surface area contributed by atoms with Gasteiger partial charge in [-0.3, -0.25) is 4.98 Å². The summed E-state index contributed by atoms with van der Waals surface area (Å²) in [5, 5.41) is 0. The minimum atomic E-state index is 0.196. The second kappa shape index (κ2) is 7.17. The van der Waals surface area contributed by atoms with Crippen LogP contribution < -0.4 is 0 Å². The standard InChI is InChI=1S/C19H23N5O/c25-19(23-9-1-2-10-23)24-11-3-4-16(13-24)18-17(12-21-14-22-18)15-5-7-20-8-6-15/h5-8,12,14,16H,1-4,9-11,13H2. The largest absolute Gasteiger partial charge is 0.325 e. The van der Waals surface area contributed by atoms with Gasteiger partial charge in [0.2, 0.25) is 0 Å². The number of rotatable bonds is 2. The van der Waals surface area contributed by atoms with Crippen LogP contribution in [0.2, 0.25) is 0 Å². The molecule has 130 valence electrons. The van der Waals surface area contributed by atoms with Gasteiger partial charge in [-0.1, -0.05) is 0 Å². The highest BCUT2D eigenvalue weighted by Gasteiger charge is 2.30. The van der Waals surface area contributed by atoms with E-state index in [-0.39, 0.29) is 11.9 Å². The van der Waals surface area contributed by atoms with Crippen molar-refractivity contribution in [1.29, 1.82) is 0 Å². The smallest absolute Gasteiger partial charge is 0.320 e. The van der Waals surface area contributed by atoms with Crippen molar-refractivity contribution in [2.45, 2.75) is 31.6 Å². The predicted octanol–water partition coefficient (Wildman–Crippen LogP) is 2.93. The summed E-state index contributed by atoms with van der Waals surface area (Å²) in [5.74, 6) is 0.256. The Morgan fingerprint density at radius 2 is 1.76 bits per heavy atom. The highest BCUT2D eigenvalue weighted by molar-refractivity contribution is 5.75. The Bertz CT molecular complexity index is 730. The van der Waals surface area contributed by atoms with Crippen LogP contribution in [0, 0.1) is 0 Å². The van der Waals surface area contributed by atoms with Gasteiger partial charge in [-0.25, -0.2) is 14.8 Å². The summed E-state index contributed by atoms with van der Waals surface area (Å²) in [6, 6.07) is 4.16. The lowest BCUT2D eigenvalue weighted by Crippen LogP contribution is -2.46. The van der Waals surface area contributed by atoms with Crippen LogP contribution in [0.3, 0.4) is 0 Å². The number of likely N-dealkylation sites (tertiary alicyclic amines) is 2. The Balaban J connectivity index is 1.57. The average Bonchev–Trinajstić information content (AvgIpc) is 3.23. The molecule has 0 saturated carbocycles. The van der Waals surface area contributed by atoms with Crippen molar-refractivity contribution in [3.05, 3.63) is 42.7 Å². The number of piperidine rings is 1. The van der Waals surface area contributed by atoms with Gasteiger partial charge in [0.1, 0.15) is 6.33 Å². The second-order valence-electron chi connectivity index (χ2n) is 6.82. The molecule has 4 heterocycles. The van der Waals surface area contributed by atoms with Crippen molar-refractivity contribution >= 4 is 6.03 Å². The summed E-state index contributed by atoms with van der Waals surface area (Å²) >= 11 is 0. The first-order valence-electron chi connectivity index (χ1n) is 9.07. The van der Waals surface area contributed by atoms with Crippen molar-refractivity contribution in [3.63, 3.8) is 0 Å². The zero-order valence-electron chi connectivity index (χ0n) is 14.3. The average molecular weight is 337 g/mol. The Labute approximate surface area is 147 Å². The van der Waals surface area contributed by atoms with E-state index in [1.54, 1.807) is 18.7 Å². The van der Waals surface area contributed by atoms with E-state index in [1.165, 1.54) is 0 Å². The molecule has 0 N–H and O–H groups in total. The van der Waals surface area contributed by atoms with Crippen LogP contribution in [0.15, 0.2) is 37.1 Å². The maximum atomic E-state index is 12.7. The van der Waals surface area contributed by atoms with Crippen LogP contribution in [-0.2, 0) is 0 Å². The quantitative estimate of drug-likeness (QED) is 0.845. The van der Waals surface area contributed by atoms with Gasteiger partial charge in [-0.15, -0.1) is 0 Å². The molecule has 1 unspecified atom stereocenters. The van der Waals surface area contributed by atoms with Crippen LogP contribution in [0.5, 0.6) is 0 Å². The molecule has 2 aromatic rings. The summed E-state index contributed by atoms with van der Waals surface area (Å²) in [6.45, 7) is 3.39. The lowest BCUT2D eigenvalue weighted by Gasteiger charge is -2.35. The maximum absolute atomic E-state index is 12.7. The fraction of sp³-hybridized carbons (Fsp3) is 0.474. The molecule has 6 heteroatoms. The van der Waals surface area contributed by atoms with E-state index in [1.807, 2.05) is 28.1 Å². The minimum absolute atomic E-state index is 0.196. The van der Waals surface area contributed by atoms with Crippen LogP contribution >= 0.6 is 0 Å². The molecule has 2 saturated heterocycles. The van der Waals surface area contributed by atoms with Crippen molar-refractivity contribution in [3.8, 4) is 11.1 Å². The van der Waals surface area contributed by atoms with Gasteiger partial charge >= 0.3 is 6.03 Å². The number of urea groups is 1. The zero-order valence-corrected chi connectivity index (χ0v) is 14.3. The molecule has 0 spiro atoms. The van der Waals surface area contributed by atoms with Crippen LogP contribution in [-0.4, -0.2) is 57.0 Å². The van der Waals surface area contributed by atoms with Gasteiger partial charge in [0.25, 0.3) is 0 Å². The molecule has 0 bridgehead atoms. The highest BCUT2D eigenvalue weighted by atomic mass is 16.2. The SMILES string of the molecule is O=C(N1CCCC1)N1CCCC(c2ncncc2-c2ccncc2)C1. The van der Waals surface area contributed by atoms with Gasteiger partial charge in [-0.05, 0) is 43.4 Å². The number of pyridine rings is 1. The third kappa shape index (κ3) is 3.34. The second-order valence-corrected chi connectivity index (χ2v) is 6.82. The Morgan fingerprint density at radius 1 is 1.00 bits per heavy atom. The van der Waals surface area contributed by atoms with Gasteiger partial charge < -0.3 is 9.80 Å². The molecule has 2 aliphatic rings. The number of carbonyl (C=O) groups excluding carboxylic acids is 1. The molecule has 6 nitrogen and oxygen atoms in total. The van der Waals surface area contributed by atoms with Crippen molar-refractivity contribution in [1.82, 2.24) is 24.8 Å². The van der Waals surface area contributed by atoms with Gasteiger partial charge in [-0.2, -0.15) is 0 Å². The molecular formula is C19H23N5O. The zero-order chi connectivity index (χ0) is 17.1. The van der Waals surface area contributed by atoms with Crippen LogP contribution in [0.25, 0.3) is 11.1 Å². The maximum Gasteiger partial charge on any atom is 0.320 e. The summed E-state index contributed by atoms with van der Waals surface area (Å²) in [7, 11) is 0. The molecule has 4 rings (SSSR count). The molecule has 0 radical (unpaired) electrons. The molecule has 2 aromatic heterocycles. The Hall–Kier alpha value is -2.50. The highest BCUT2D eigenvalue weighted by Crippen LogP contribution is 2.32. The first kappa shape index (κ1) is 16.0. The molecule has 0 aliphatic carbocycles. The minimum Gasteiger partial charge on any atom is -0.325 e. The van der Waals surface area contributed by atoms with E-state index >= 15 is 0 Å². The molecular weight excluding hydrogens is 314 g/mol. The van der Waals surface area contributed by atoms with Crippen molar-refractivity contribution in [2.24, 2.45) is 0 Å². The summed E-state index contributed by atoms with van der Waals surface area (Å²) in [5.41, 5.74) is 3.17. The van der Waals surface area contributed by atoms with Crippen molar-refractivity contribution < 1.29 is 4.79 Å². The number of nitrogens with zero attached hydrogens (tertiary/aromatic N) is 5. The summed E-state index contributed by atoms with van der Waals surface area (Å²) in [6.07, 6.45) is 11.4. The van der Waals surface area contributed by atoms with Crippen molar-refractivity contribution in [2.75, 3.05) is 26.2 Å². The van der Waals surface area contributed by atoms with E-state index < -0.39 is 0 Å². The number of hydrogen-bond donors (Lipinski definition) is 0. The van der Waals surface area contributed by atoms with E-state index in [9.17, 15) is 4.79 Å². The van der Waals surface area contributed by atoms with Gasteiger partial charge in [0.15, 0.2) is 0 Å². The summed E-state index contributed by atoms with van der Waals surface area (Å²) in [4.78, 5) is 29.6. The van der Waals surface area contributed by atoms with E-state index in [0.717, 1.165) is 68.7 Å². The number of carbonyl (C=O) groups is 1. The molecule has 2 fully saturated rings. The van der Waals surface area contributed by atoms with Crippen LogP contribution in [0.4, 0.5) is 4.79 Å². The van der Waals surface area contributed by atoms with E-state index in [4.69, 9.17) is 0 Å². The van der Waals surface area contributed by atoms with Gasteiger partial charge in [0.05, 0.1) is 5.69 Å². The number of amides is 2. The molecule has 0 aromatic carbocycles. The third-order valence-electron chi connectivity index (χ3n) is 5.19. The molecule has 2 amide bonds. The van der Waals surface area contributed by atoms with Crippen LogP contribution in [0.1, 0.15) is 37.3 Å². The Morgan fingerprint density at radius 3 is 2.56 bits per heavy atom. The fourth-order valence-electron chi connectivity index (χ4n) is 3.90. The number of hydrogen-bond acceptors (Lipinski definition) is 4. The first-order valence-corrected chi connectivity index (χ1v) is 9.07. The monoisotopic (exact) mass is 337 g/mol. The third-order valence-corrected chi connectivity index (χ3v) is 5.19. The molecule has 2 aliphatic heterocycles. The molecule has 1 atom stereocenters. The van der Waals surface area contributed by atoms with Gasteiger partial charge in [0, 0.05) is 56.3 Å². The molecule has 25 heavy (non-hydrogen) atoms. The lowest BCUT2D eigenvalue weighted by atomic mass is 9.90. The van der Waals surface area contributed by atoms with E-state index in [0.29, 0.717) is 0 Å². The Kier molecular flexibility index (Phi) is 4.59. The topological polar surface area (TPSA) is 62.2 Å². The first-order chi connectivity index (χ1) is 12.3.